The number of benzene rings is 1. The Morgan fingerprint density at radius 3 is 2.22 bits per heavy atom. The first-order chi connectivity index (χ1) is 8.37. The molecule has 0 bridgehead atoms. The first-order valence-corrected chi connectivity index (χ1v) is 6.23. The third kappa shape index (κ3) is 2.73. The normalized spacial score (nSPS) is 11.8. The number of nitrogens with two attached hydrogens (primary N) is 1. The fraction of sp³-hybridized carbons (Fsp3) is 0.400. The van der Waals surface area contributed by atoms with E-state index in [4.69, 9.17) is 5.73 Å². The van der Waals surface area contributed by atoms with Crippen LogP contribution in [0.25, 0.3) is 11.1 Å². The summed E-state index contributed by atoms with van der Waals surface area (Å²) in [6.07, 6.45) is 2.89. The minimum Gasteiger partial charge on any atom is -0.383 e. The van der Waals surface area contributed by atoms with Crippen LogP contribution in [0.5, 0.6) is 0 Å². The molecule has 0 saturated carbocycles. The highest BCUT2D eigenvalue weighted by Crippen LogP contribution is 2.27. The van der Waals surface area contributed by atoms with E-state index in [0.717, 1.165) is 17.5 Å². The Kier molecular flexibility index (Phi) is 3.16. The Morgan fingerprint density at radius 1 is 1.17 bits per heavy atom. The average molecular weight is 243 g/mol. The molecule has 3 nitrogen and oxygen atoms in total. The van der Waals surface area contributed by atoms with Crippen LogP contribution in [0, 0.1) is 5.41 Å². The van der Waals surface area contributed by atoms with Crippen LogP contribution in [0.3, 0.4) is 0 Å². The lowest BCUT2D eigenvalue weighted by molar-refractivity contribution is 0.411. The van der Waals surface area contributed by atoms with E-state index in [9.17, 15) is 0 Å². The summed E-state index contributed by atoms with van der Waals surface area (Å²) in [6, 6.07) is 8.59. The van der Waals surface area contributed by atoms with E-state index in [1.807, 2.05) is 13.2 Å². The number of nitrogen functional groups attached to an aromatic ring is 1. The summed E-state index contributed by atoms with van der Waals surface area (Å²) in [4.78, 5) is 0. The largest absolute Gasteiger partial charge is 0.383 e. The summed E-state index contributed by atoms with van der Waals surface area (Å²) in [5.74, 6) is 0.707. The SMILES string of the molecule is Cn1ncc(-c2ccc(CC(C)(C)C)cc2)c1N. The second-order valence-electron chi connectivity index (χ2n) is 6.00. The van der Waals surface area contributed by atoms with Gasteiger partial charge in [-0.05, 0) is 23.0 Å². The van der Waals surface area contributed by atoms with Gasteiger partial charge in [0.15, 0.2) is 0 Å². The van der Waals surface area contributed by atoms with Crippen molar-refractivity contribution in [3.8, 4) is 11.1 Å². The van der Waals surface area contributed by atoms with E-state index in [0.29, 0.717) is 11.2 Å². The molecular weight excluding hydrogens is 222 g/mol. The van der Waals surface area contributed by atoms with Crippen LogP contribution in [0.2, 0.25) is 0 Å². The summed E-state index contributed by atoms with van der Waals surface area (Å²) in [5, 5.41) is 4.17. The number of anilines is 1. The number of aromatic nitrogens is 2. The first-order valence-electron chi connectivity index (χ1n) is 6.23. The monoisotopic (exact) mass is 243 g/mol. The lowest BCUT2D eigenvalue weighted by Crippen LogP contribution is -2.08. The standard InChI is InChI=1S/C15H21N3/c1-15(2,3)9-11-5-7-12(8-6-11)13-10-17-18(4)14(13)16/h5-8,10H,9,16H2,1-4H3. The van der Waals surface area contributed by atoms with Crippen LogP contribution in [-0.2, 0) is 13.5 Å². The second kappa shape index (κ2) is 4.48. The Bertz CT molecular complexity index is 530. The number of hydrogen-bond donors (Lipinski definition) is 1. The van der Waals surface area contributed by atoms with Gasteiger partial charge < -0.3 is 5.73 Å². The van der Waals surface area contributed by atoms with Crippen molar-refractivity contribution in [1.29, 1.82) is 0 Å². The maximum Gasteiger partial charge on any atom is 0.129 e. The summed E-state index contributed by atoms with van der Waals surface area (Å²) in [5.41, 5.74) is 9.77. The molecular formula is C15H21N3. The summed E-state index contributed by atoms with van der Waals surface area (Å²) in [7, 11) is 1.85. The van der Waals surface area contributed by atoms with Crippen molar-refractivity contribution in [3.05, 3.63) is 36.0 Å². The van der Waals surface area contributed by atoms with E-state index < -0.39 is 0 Å². The summed E-state index contributed by atoms with van der Waals surface area (Å²) in [6.45, 7) is 6.75. The Balaban J connectivity index is 2.25. The molecule has 2 rings (SSSR count). The molecule has 0 aliphatic heterocycles. The van der Waals surface area contributed by atoms with Crippen molar-refractivity contribution in [2.75, 3.05) is 5.73 Å². The number of hydrogen-bond acceptors (Lipinski definition) is 2. The molecule has 0 spiro atoms. The van der Waals surface area contributed by atoms with Crippen LogP contribution in [0.15, 0.2) is 30.5 Å². The van der Waals surface area contributed by atoms with Gasteiger partial charge in [-0.2, -0.15) is 5.10 Å². The second-order valence-corrected chi connectivity index (χ2v) is 6.00. The van der Waals surface area contributed by atoms with Gasteiger partial charge in [0.05, 0.1) is 6.20 Å². The maximum atomic E-state index is 5.97. The molecule has 0 amide bonds. The molecule has 2 N–H and O–H groups in total. The van der Waals surface area contributed by atoms with Gasteiger partial charge in [0.2, 0.25) is 0 Å². The van der Waals surface area contributed by atoms with Gasteiger partial charge in [0.1, 0.15) is 5.82 Å². The molecule has 18 heavy (non-hydrogen) atoms. The molecule has 0 aliphatic carbocycles. The van der Waals surface area contributed by atoms with Gasteiger partial charge in [-0.25, -0.2) is 0 Å². The van der Waals surface area contributed by atoms with Crippen LogP contribution in [0.4, 0.5) is 5.82 Å². The molecule has 0 unspecified atom stereocenters. The zero-order valence-corrected chi connectivity index (χ0v) is 11.6. The lowest BCUT2D eigenvalue weighted by atomic mass is 9.88. The molecule has 2 aromatic rings. The van der Waals surface area contributed by atoms with Crippen molar-refractivity contribution < 1.29 is 0 Å². The molecule has 1 heterocycles. The minimum atomic E-state index is 0.314. The highest BCUT2D eigenvalue weighted by molar-refractivity contribution is 5.73. The Hall–Kier alpha value is -1.77. The molecule has 0 saturated heterocycles. The predicted octanol–water partition coefficient (Wildman–Crippen LogP) is 3.26. The van der Waals surface area contributed by atoms with Crippen molar-refractivity contribution in [2.45, 2.75) is 27.2 Å². The smallest absolute Gasteiger partial charge is 0.129 e. The third-order valence-corrected chi connectivity index (χ3v) is 2.98. The van der Waals surface area contributed by atoms with Crippen molar-refractivity contribution in [1.82, 2.24) is 9.78 Å². The van der Waals surface area contributed by atoms with Crippen molar-refractivity contribution in [2.24, 2.45) is 12.5 Å². The molecule has 0 atom stereocenters. The predicted molar refractivity (Wildman–Crippen MR) is 76.2 cm³/mol. The number of rotatable bonds is 2. The topological polar surface area (TPSA) is 43.8 Å². The average Bonchev–Trinajstić information content (AvgIpc) is 2.59. The van der Waals surface area contributed by atoms with E-state index >= 15 is 0 Å². The maximum absolute atomic E-state index is 5.97. The van der Waals surface area contributed by atoms with Crippen LogP contribution in [0.1, 0.15) is 26.3 Å². The van der Waals surface area contributed by atoms with E-state index in [2.05, 4.69) is 50.1 Å². The van der Waals surface area contributed by atoms with Gasteiger partial charge in [-0.1, -0.05) is 45.0 Å². The van der Waals surface area contributed by atoms with Gasteiger partial charge in [0.25, 0.3) is 0 Å². The van der Waals surface area contributed by atoms with Gasteiger partial charge >= 0.3 is 0 Å². The number of nitrogens with zero attached hydrogens (tertiary/aromatic N) is 2. The summed E-state index contributed by atoms with van der Waals surface area (Å²) < 4.78 is 1.69. The van der Waals surface area contributed by atoms with Crippen molar-refractivity contribution >= 4 is 5.82 Å². The molecule has 0 radical (unpaired) electrons. The van der Waals surface area contributed by atoms with Gasteiger partial charge in [-0.3, -0.25) is 4.68 Å². The van der Waals surface area contributed by atoms with Gasteiger partial charge in [-0.15, -0.1) is 0 Å². The third-order valence-electron chi connectivity index (χ3n) is 2.98. The molecule has 96 valence electrons. The van der Waals surface area contributed by atoms with Crippen LogP contribution >= 0.6 is 0 Å². The zero-order valence-electron chi connectivity index (χ0n) is 11.6. The Morgan fingerprint density at radius 2 is 1.78 bits per heavy atom. The molecule has 3 heteroatoms. The van der Waals surface area contributed by atoms with Gasteiger partial charge in [0, 0.05) is 12.6 Å². The highest BCUT2D eigenvalue weighted by atomic mass is 15.3. The van der Waals surface area contributed by atoms with Crippen molar-refractivity contribution in [3.63, 3.8) is 0 Å². The molecule has 0 fully saturated rings. The fourth-order valence-corrected chi connectivity index (χ4v) is 2.08. The molecule has 0 aliphatic rings. The molecule has 1 aromatic carbocycles. The van der Waals surface area contributed by atoms with E-state index in [1.54, 1.807) is 4.68 Å². The quantitative estimate of drug-likeness (QED) is 0.879. The minimum absolute atomic E-state index is 0.314. The zero-order chi connectivity index (χ0) is 13.3. The van der Waals surface area contributed by atoms with E-state index in [1.165, 1.54) is 5.56 Å². The van der Waals surface area contributed by atoms with E-state index in [-0.39, 0.29) is 0 Å². The first kappa shape index (κ1) is 12.7. The lowest BCUT2D eigenvalue weighted by Gasteiger charge is -2.18. The Labute approximate surface area is 109 Å². The summed E-state index contributed by atoms with van der Waals surface area (Å²) >= 11 is 0. The fourth-order valence-electron chi connectivity index (χ4n) is 2.08. The van der Waals surface area contributed by atoms with Crippen LogP contribution < -0.4 is 5.73 Å². The van der Waals surface area contributed by atoms with Crippen LogP contribution in [-0.4, -0.2) is 9.78 Å². The highest BCUT2D eigenvalue weighted by Gasteiger charge is 2.12. The molecule has 1 aromatic heterocycles. The number of aryl methyl sites for hydroxylation is 1.